The first-order valence-electron chi connectivity index (χ1n) is 6.06. The van der Waals surface area contributed by atoms with Crippen molar-refractivity contribution in [3.63, 3.8) is 0 Å². The van der Waals surface area contributed by atoms with Gasteiger partial charge >= 0.3 is 0 Å². The second-order valence-electron chi connectivity index (χ2n) is 5.24. The van der Waals surface area contributed by atoms with Gasteiger partial charge in [-0.2, -0.15) is 0 Å². The summed E-state index contributed by atoms with van der Waals surface area (Å²) in [6.07, 6.45) is 0. The van der Waals surface area contributed by atoms with E-state index in [4.69, 9.17) is 9.84 Å². The van der Waals surface area contributed by atoms with Crippen molar-refractivity contribution in [3.05, 3.63) is 28.3 Å². The van der Waals surface area contributed by atoms with Gasteiger partial charge in [0.15, 0.2) is 0 Å². The normalized spacial score (nSPS) is 12.2. The van der Waals surface area contributed by atoms with Crippen molar-refractivity contribution in [2.45, 2.75) is 18.7 Å². The molecular formula is C12H18N2O6S. The highest BCUT2D eigenvalue weighted by molar-refractivity contribution is 7.89. The summed E-state index contributed by atoms with van der Waals surface area (Å²) in [7, 11) is -2.72. The summed E-state index contributed by atoms with van der Waals surface area (Å²) in [5, 5.41) is 19.9. The monoisotopic (exact) mass is 318 g/mol. The second kappa shape index (κ2) is 6.37. The van der Waals surface area contributed by atoms with Gasteiger partial charge in [0.25, 0.3) is 5.69 Å². The molecule has 0 saturated heterocycles. The molecule has 0 atom stereocenters. The zero-order valence-corrected chi connectivity index (χ0v) is 12.8. The van der Waals surface area contributed by atoms with E-state index in [-0.39, 0.29) is 29.5 Å². The first-order valence-corrected chi connectivity index (χ1v) is 7.54. The molecule has 0 amide bonds. The number of nitrogens with one attached hydrogen (secondary N) is 1. The van der Waals surface area contributed by atoms with Crippen molar-refractivity contribution in [3.8, 4) is 5.75 Å². The Kier molecular flexibility index (Phi) is 5.26. The van der Waals surface area contributed by atoms with Gasteiger partial charge in [-0.05, 0) is 6.07 Å². The summed E-state index contributed by atoms with van der Waals surface area (Å²) >= 11 is 0. The molecule has 0 bridgehead atoms. The lowest BCUT2D eigenvalue weighted by Gasteiger charge is -2.22. The lowest BCUT2D eigenvalue weighted by Crippen LogP contribution is -2.36. The Hall–Kier alpha value is -1.71. The Morgan fingerprint density at radius 3 is 2.52 bits per heavy atom. The number of sulfonamides is 1. The van der Waals surface area contributed by atoms with Gasteiger partial charge in [-0.25, -0.2) is 13.1 Å². The van der Waals surface area contributed by atoms with Crippen molar-refractivity contribution in [2.75, 3.05) is 20.3 Å². The topological polar surface area (TPSA) is 119 Å². The molecule has 0 saturated carbocycles. The molecule has 0 aromatic heterocycles. The van der Waals surface area contributed by atoms with E-state index >= 15 is 0 Å². The van der Waals surface area contributed by atoms with Crippen molar-refractivity contribution in [1.82, 2.24) is 4.72 Å². The van der Waals surface area contributed by atoms with Gasteiger partial charge in [0.05, 0.1) is 12.0 Å². The minimum absolute atomic E-state index is 0.00917. The highest BCUT2D eigenvalue weighted by atomic mass is 32.2. The highest BCUT2D eigenvalue weighted by Crippen LogP contribution is 2.28. The van der Waals surface area contributed by atoms with Crippen LogP contribution in [0.3, 0.4) is 0 Å². The molecule has 0 unspecified atom stereocenters. The molecule has 0 fully saturated rings. The fourth-order valence-electron chi connectivity index (χ4n) is 1.41. The van der Waals surface area contributed by atoms with E-state index in [0.717, 1.165) is 12.1 Å². The molecule has 1 aromatic rings. The third-order valence-electron chi connectivity index (χ3n) is 2.82. The SMILES string of the molecule is COc1ccc([N+](=O)[O-])cc1S(=O)(=O)NCC(C)(C)CO. The summed E-state index contributed by atoms with van der Waals surface area (Å²) in [6.45, 7) is 3.14. The molecule has 0 aliphatic carbocycles. The average Bonchev–Trinajstić information content (AvgIpc) is 2.44. The lowest BCUT2D eigenvalue weighted by molar-refractivity contribution is -0.385. The smallest absolute Gasteiger partial charge is 0.271 e. The quantitative estimate of drug-likeness (QED) is 0.569. The van der Waals surface area contributed by atoms with Crippen molar-refractivity contribution in [1.29, 1.82) is 0 Å². The number of hydrogen-bond donors (Lipinski definition) is 2. The first kappa shape index (κ1) is 17.3. The predicted molar refractivity (Wildman–Crippen MR) is 75.7 cm³/mol. The molecular weight excluding hydrogens is 300 g/mol. The summed E-state index contributed by atoms with van der Waals surface area (Å²) in [5.74, 6) is 0.00917. The summed E-state index contributed by atoms with van der Waals surface area (Å²) in [4.78, 5) is 9.76. The maximum absolute atomic E-state index is 12.3. The fraction of sp³-hybridized carbons (Fsp3) is 0.500. The van der Waals surface area contributed by atoms with E-state index in [0.29, 0.717) is 0 Å². The van der Waals surface area contributed by atoms with Crippen LogP contribution in [-0.2, 0) is 10.0 Å². The van der Waals surface area contributed by atoms with Gasteiger partial charge in [0.1, 0.15) is 10.6 Å². The third kappa shape index (κ3) is 4.38. The molecule has 0 heterocycles. The molecule has 2 N–H and O–H groups in total. The number of aliphatic hydroxyl groups excluding tert-OH is 1. The molecule has 118 valence electrons. The minimum Gasteiger partial charge on any atom is -0.495 e. The number of hydrogen-bond acceptors (Lipinski definition) is 6. The van der Waals surface area contributed by atoms with Crippen LogP contribution in [0, 0.1) is 15.5 Å². The Morgan fingerprint density at radius 1 is 1.43 bits per heavy atom. The number of aliphatic hydroxyl groups is 1. The largest absolute Gasteiger partial charge is 0.495 e. The van der Waals surface area contributed by atoms with Crippen LogP contribution in [0.4, 0.5) is 5.69 Å². The molecule has 0 aliphatic heterocycles. The standard InChI is InChI=1S/C12H18N2O6S/c1-12(2,8-15)7-13-21(18,19)11-6-9(14(16)17)4-5-10(11)20-3/h4-6,13,15H,7-8H2,1-3H3. The molecule has 21 heavy (non-hydrogen) atoms. The van der Waals surface area contributed by atoms with Gasteiger partial charge in [0.2, 0.25) is 10.0 Å². The number of nitro benzene ring substituents is 1. The zero-order valence-electron chi connectivity index (χ0n) is 12.0. The summed E-state index contributed by atoms with van der Waals surface area (Å²) < 4.78 is 31.8. The van der Waals surface area contributed by atoms with E-state index in [1.165, 1.54) is 13.2 Å². The molecule has 0 aliphatic rings. The Bertz CT molecular complexity index is 627. The van der Waals surface area contributed by atoms with E-state index in [1.807, 2.05) is 0 Å². The van der Waals surface area contributed by atoms with Crippen LogP contribution in [0.5, 0.6) is 5.75 Å². The van der Waals surface area contributed by atoms with Crippen LogP contribution in [0.25, 0.3) is 0 Å². The van der Waals surface area contributed by atoms with Gasteiger partial charge < -0.3 is 9.84 Å². The number of non-ortho nitro benzene ring substituents is 1. The van der Waals surface area contributed by atoms with E-state index in [2.05, 4.69) is 4.72 Å². The third-order valence-corrected chi connectivity index (χ3v) is 4.24. The van der Waals surface area contributed by atoms with Gasteiger partial charge in [0, 0.05) is 30.7 Å². The van der Waals surface area contributed by atoms with Crippen LogP contribution in [0.2, 0.25) is 0 Å². The van der Waals surface area contributed by atoms with Gasteiger partial charge in [-0.3, -0.25) is 10.1 Å². The Balaban J connectivity index is 3.17. The fourth-order valence-corrected chi connectivity index (χ4v) is 2.84. The van der Waals surface area contributed by atoms with Gasteiger partial charge in [-0.15, -0.1) is 0 Å². The Morgan fingerprint density at radius 2 is 2.05 bits per heavy atom. The predicted octanol–water partition coefficient (Wildman–Crippen LogP) is 0.900. The van der Waals surface area contributed by atoms with Crippen molar-refractivity contribution in [2.24, 2.45) is 5.41 Å². The highest BCUT2D eigenvalue weighted by Gasteiger charge is 2.26. The molecule has 0 radical (unpaired) electrons. The van der Waals surface area contributed by atoms with Gasteiger partial charge in [-0.1, -0.05) is 13.8 Å². The van der Waals surface area contributed by atoms with Crippen molar-refractivity contribution < 1.29 is 23.2 Å². The number of benzene rings is 1. The number of nitrogens with zero attached hydrogens (tertiary/aromatic N) is 1. The molecule has 9 heteroatoms. The second-order valence-corrected chi connectivity index (χ2v) is 6.97. The maximum atomic E-state index is 12.3. The first-order chi connectivity index (χ1) is 9.63. The zero-order chi connectivity index (χ0) is 16.3. The molecule has 1 aromatic carbocycles. The number of nitro groups is 1. The van der Waals surface area contributed by atoms with Crippen LogP contribution in [-0.4, -0.2) is 38.7 Å². The van der Waals surface area contributed by atoms with E-state index < -0.39 is 20.4 Å². The van der Waals surface area contributed by atoms with Crippen LogP contribution < -0.4 is 9.46 Å². The minimum atomic E-state index is -3.99. The number of ether oxygens (including phenoxy) is 1. The van der Waals surface area contributed by atoms with Crippen molar-refractivity contribution >= 4 is 15.7 Å². The van der Waals surface area contributed by atoms with Crippen LogP contribution in [0.15, 0.2) is 23.1 Å². The van der Waals surface area contributed by atoms with E-state index in [9.17, 15) is 18.5 Å². The van der Waals surface area contributed by atoms with Crippen LogP contribution in [0.1, 0.15) is 13.8 Å². The number of rotatable bonds is 7. The molecule has 8 nitrogen and oxygen atoms in total. The average molecular weight is 318 g/mol. The Labute approximate surface area is 122 Å². The summed E-state index contributed by atoms with van der Waals surface area (Å²) in [5.41, 5.74) is -1.00. The number of methoxy groups -OCH3 is 1. The molecule has 1 rings (SSSR count). The lowest BCUT2D eigenvalue weighted by atomic mass is 9.96. The van der Waals surface area contributed by atoms with E-state index in [1.54, 1.807) is 13.8 Å². The maximum Gasteiger partial charge on any atom is 0.271 e. The molecule has 0 spiro atoms. The summed E-state index contributed by atoms with van der Waals surface area (Å²) in [6, 6.07) is 3.33. The van der Waals surface area contributed by atoms with Crippen LogP contribution >= 0.6 is 0 Å².